The van der Waals surface area contributed by atoms with Crippen LogP contribution in [-0.4, -0.2) is 24.5 Å². The Kier molecular flexibility index (Phi) is 5.43. The topological polar surface area (TPSA) is 0 Å². The molecule has 0 aromatic carbocycles. The van der Waals surface area contributed by atoms with Crippen LogP contribution in [0.3, 0.4) is 0 Å². The highest BCUT2D eigenvalue weighted by Crippen LogP contribution is 2.40. The molecule has 0 saturated heterocycles. The molecule has 0 amide bonds. The third-order valence-corrected chi connectivity index (χ3v) is 3.86. The van der Waals surface area contributed by atoms with Crippen molar-refractivity contribution in [2.75, 3.05) is 24.5 Å². The van der Waals surface area contributed by atoms with E-state index >= 15 is 0 Å². The van der Waals surface area contributed by atoms with Crippen LogP contribution < -0.4 is 0 Å². The van der Waals surface area contributed by atoms with Gasteiger partial charge in [0, 0.05) is 0 Å². The smallest absolute Gasteiger partial charge is 0.0204 e. The summed E-state index contributed by atoms with van der Waals surface area (Å²) in [5, 5.41) is 0. The van der Waals surface area contributed by atoms with E-state index in [1.54, 1.807) is 0 Å². The highest BCUT2D eigenvalue weighted by molar-refractivity contribution is 8.32. The predicted molar refractivity (Wildman–Crippen MR) is 68.0 cm³/mol. The first kappa shape index (κ1) is 13.4. The van der Waals surface area contributed by atoms with Gasteiger partial charge in [0.1, 0.15) is 0 Å². The van der Waals surface area contributed by atoms with Crippen molar-refractivity contribution in [3.63, 3.8) is 0 Å². The van der Waals surface area contributed by atoms with E-state index in [2.05, 4.69) is 46.5 Å². The van der Waals surface area contributed by atoms with E-state index in [1.165, 1.54) is 12.2 Å². The minimum absolute atomic E-state index is 0.314. The summed E-state index contributed by atoms with van der Waals surface area (Å²) in [4.78, 5) is 0. The number of hydrogen-bond donors (Lipinski definition) is 0. The molecule has 0 aromatic heterocycles. The summed E-state index contributed by atoms with van der Waals surface area (Å²) < 4.78 is 0. The highest BCUT2D eigenvalue weighted by Gasteiger charge is 2.19. The molecule has 13 heavy (non-hydrogen) atoms. The molecule has 0 spiro atoms. The fraction of sp³-hybridized carbons (Fsp3) is 1.00. The first-order valence-electron chi connectivity index (χ1n) is 5.38. The average Bonchev–Trinajstić information content (AvgIpc) is 1.81. The van der Waals surface area contributed by atoms with Crippen LogP contribution in [0.4, 0.5) is 0 Å². The zero-order chi connectivity index (χ0) is 10.6. The largest absolute Gasteiger partial charge is 0.249 e. The predicted octanol–water partition coefficient (Wildman–Crippen LogP) is 4.00. The Morgan fingerprint density at radius 3 is 1.62 bits per heavy atom. The van der Waals surface area contributed by atoms with Crippen LogP contribution in [-0.2, 0) is 0 Å². The lowest BCUT2D eigenvalue weighted by molar-refractivity contribution is 0.349. The van der Waals surface area contributed by atoms with Gasteiger partial charge in [-0.2, -0.15) is 0 Å². The van der Waals surface area contributed by atoms with Crippen molar-refractivity contribution in [3.8, 4) is 0 Å². The Hall–Kier alpha value is 0.350. The SMILES string of the molecule is CC(C)CC(CS(C)(C)C)C(C)C. The van der Waals surface area contributed by atoms with Crippen molar-refractivity contribution in [2.24, 2.45) is 17.8 Å². The average molecular weight is 204 g/mol. The normalized spacial score (nSPS) is 16.7. The molecule has 1 unspecified atom stereocenters. The monoisotopic (exact) mass is 204 g/mol. The molecule has 1 atom stereocenters. The lowest BCUT2D eigenvalue weighted by atomic mass is 9.89. The second-order valence-corrected chi connectivity index (χ2v) is 10.4. The van der Waals surface area contributed by atoms with Gasteiger partial charge in [0.2, 0.25) is 0 Å². The highest BCUT2D eigenvalue weighted by atomic mass is 32.3. The molecular formula is C12H28S. The molecule has 0 aliphatic carbocycles. The number of rotatable bonds is 5. The summed E-state index contributed by atoms with van der Waals surface area (Å²) in [7, 11) is -0.314. The molecule has 0 fully saturated rings. The zero-order valence-electron chi connectivity index (χ0n) is 10.6. The zero-order valence-corrected chi connectivity index (χ0v) is 11.4. The Labute approximate surface area is 86.8 Å². The lowest BCUT2D eigenvalue weighted by Crippen LogP contribution is -2.19. The first-order chi connectivity index (χ1) is 5.72. The quantitative estimate of drug-likeness (QED) is 0.635. The standard InChI is InChI=1S/C12H28S/c1-10(2)8-12(11(3)4)9-13(5,6)7/h10-12H,8-9H2,1-7H3. The van der Waals surface area contributed by atoms with Crippen LogP contribution in [0.1, 0.15) is 34.1 Å². The van der Waals surface area contributed by atoms with E-state index < -0.39 is 0 Å². The van der Waals surface area contributed by atoms with Gasteiger partial charge in [-0.25, -0.2) is 10.0 Å². The van der Waals surface area contributed by atoms with Gasteiger partial charge in [0.05, 0.1) is 0 Å². The van der Waals surface area contributed by atoms with Gasteiger partial charge >= 0.3 is 0 Å². The minimum Gasteiger partial charge on any atom is -0.249 e. The van der Waals surface area contributed by atoms with Crippen LogP contribution in [0.25, 0.3) is 0 Å². The molecular weight excluding hydrogens is 176 g/mol. The van der Waals surface area contributed by atoms with Gasteiger partial charge in [-0.15, -0.1) is 0 Å². The van der Waals surface area contributed by atoms with Crippen molar-refractivity contribution in [1.29, 1.82) is 0 Å². The van der Waals surface area contributed by atoms with Gasteiger partial charge in [-0.05, 0) is 48.7 Å². The molecule has 1 heteroatoms. The Morgan fingerprint density at radius 1 is 0.923 bits per heavy atom. The van der Waals surface area contributed by atoms with Gasteiger partial charge < -0.3 is 0 Å². The molecule has 0 aliphatic heterocycles. The summed E-state index contributed by atoms with van der Waals surface area (Å²) in [6.07, 6.45) is 8.70. The second kappa shape index (κ2) is 5.29. The van der Waals surface area contributed by atoms with E-state index in [4.69, 9.17) is 0 Å². The Morgan fingerprint density at radius 2 is 1.38 bits per heavy atom. The summed E-state index contributed by atoms with van der Waals surface area (Å²) in [6, 6.07) is 0. The fourth-order valence-corrected chi connectivity index (χ4v) is 3.59. The molecule has 0 aliphatic rings. The van der Waals surface area contributed by atoms with E-state index in [0.717, 1.165) is 17.8 Å². The van der Waals surface area contributed by atoms with Crippen LogP contribution in [0.2, 0.25) is 0 Å². The van der Waals surface area contributed by atoms with Crippen LogP contribution in [0.15, 0.2) is 0 Å². The summed E-state index contributed by atoms with van der Waals surface area (Å²) in [6.45, 7) is 9.43. The molecule has 0 nitrogen and oxygen atoms in total. The minimum atomic E-state index is -0.314. The molecule has 0 rings (SSSR count). The van der Waals surface area contributed by atoms with E-state index in [-0.39, 0.29) is 10.0 Å². The van der Waals surface area contributed by atoms with Crippen molar-refractivity contribution < 1.29 is 0 Å². The van der Waals surface area contributed by atoms with Crippen LogP contribution in [0, 0.1) is 17.8 Å². The summed E-state index contributed by atoms with van der Waals surface area (Å²) in [5.74, 6) is 4.10. The maximum absolute atomic E-state index is 2.43. The van der Waals surface area contributed by atoms with Crippen molar-refractivity contribution in [1.82, 2.24) is 0 Å². The summed E-state index contributed by atoms with van der Waals surface area (Å²) >= 11 is 0. The van der Waals surface area contributed by atoms with Crippen molar-refractivity contribution in [2.45, 2.75) is 34.1 Å². The van der Waals surface area contributed by atoms with Crippen molar-refractivity contribution in [3.05, 3.63) is 0 Å². The van der Waals surface area contributed by atoms with E-state index in [0.29, 0.717) is 0 Å². The molecule has 0 saturated carbocycles. The van der Waals surface area contributed by atoms with Crippen molar-refractivity contribution >= 4 is 10.0 Å². The lowest BCUT2D eigenvalue weighted by Gasteiger charge is -2.33. The third kappa shape index (κ3) is 7.42. The van der Waals surface area contributed by atoms with Crippen LogP contribution >= 0.6 is 10.0 Å². The number of hydrogen-bond acceptors (Lipinski definition) is 0. The van der Waals surface area contributed by atoms with Gasteiger partial charge in [-0.1, -0.05) is 27.7 Å². The molecule has 0 aromatic rings. The third-order valence-electron chi connectivity index (χ3n) is 2.43. The molecule has 0 N–H and O–H groups in total. The molecule has 0 radical (unpaired) electrons. The van der Waals surface area contributed by atoms with Gasteiger partial charge in [0.15, 0.2) is 0 Å². The Bertz CT molecular complexity index is 131. The van der Waals surface area contributed by atoms with Crippen LogP contribution in [0.5, 0.6) is 0 Å². The maximum Gasteiger partial charge on any atom is -0.0204 e. The van der Waals surface area contributed by atoms with Gasteiger partial charge in [-0.3, -0.25) is 0 Å². The van der Waals surface area contributed by atoms with E-state index in [9.17, 15) is 0 Å². The molecule has 0 bridgehead atoms. The molecule has 0 heterocycles. The van der Waals surface area contributed by atoms with Gasteiger partial charge in [0.25, 0.3) is 0 Å². The van der Waals surface area contributed by atoms with E-state index in [1.807, 2.05) is 0 Å². The first-order valence-corrected chi connectivity index (χ1v) is 8.41. The fourth-order valence-electron chi connectivity index (χ4n) is 1.78. The summed E-state index contributed by atoms with van der Waals surface area (Å²) in [5.41, 5.74) is 0. The molecule has 82 valence electrons. The Balaban J connectivity index is 4.11. The second-order valence-electron chi connectivity index (χ2n) is 5.89. The maximum atomic E-state index is 2.43.